The Morgan fingerprint density at radius 2 is 2.29 bits per heavy atom. The van der Waals surface area contributed by atoms with Gasteiger partial charge in [-0.15, -0.1) is 0 Å². The number of hydrogen-bond donors (Lipinski definition) is 4. The lowest BCUT2D eigenvalue weighted by Gasteiger charge is -2.03. The molecule has 1 amide bonds. The van der Waals surface area contributed by atoms with Gasteiger partial charge >= 0.3 is 0 Å². The van der Waals surface area contributed by atoms with Crippen LogP contribution in [-0.4, -0.2) is 26.3 Å². The van der Waals surface area contributed by atoms with E-state index in [-0.39, 0.29) is 17.5 Å². The van der Waals surface area contributed by atoms with Gasteiger partial charge in [-0.2, -0.15) is 10.2 Å². The normalized spacial score (nSPS) is 10.8. The maximum atomic E-state index is 11.9. The maximum Gasteiger partial charge on any atom is 0.278 e. The Morgan fingerprint density at radius 1 is 1.53 bits per heavy atom. The van der Waals surface area contributed by atoms with Crippen LogP contribution in [-0.2, 0) is 0 Å². The first-order valence-corrected chi connectivity index (χ1v) is 5.23. The second-order valence-corrected chi connectivity index (χ2v) is 4.00. The maximum absolute atomic E-state index is 11.9. The van der Waals surface area contributed by atoms with Crippen LogP contribution < -0.4 is 11.1 Å². The van der Waals surface area contributed by atoms with Crippen molar-refractivity contribution in [2.24, 2.45) is 0 Å². The molecule has 2 aromatic rings. The van der Waals surface area contributed by atoms with Crippen molar-refractivity contribution < 1.29 is 4.79 Å². The molecular formula is C10H14N6O. The lowest BCUT2D eigenvalue weighted by atomic mass is 10.1. The highest BCUT2D eigenvalue weighted by atomic mass is 16.2. The number of carbonyl (C=O) groups is 1. The molecule has 2 heterocycles. The third-order valence-electron chi connectivity index (χ3n) is 2.38. The van der Waals surface area contributed by atoms with Crippen LogP contribution in [0, 0.1) is 0 Å². The number of nitrogen functional groups attached to an aromatic ring is 1. The molecule has 0 spiro atoms. The number of nitrogens with two attached hydrogens (primary N) is 1. The van der Waals surface area contributed by atoms with Crippen molar-refractivity contribution in [2.75, 3.05) is 11.1 Å². The predicted octanol–water partition coefficient (Wildman–Crippen LogP) is 1.09. The van der Waals surface area contributed by atoms with E-state index in [1.165, 1.54) is 6.20 Å². The summed E-state index contributed by atoms with van der Waals surface area (Å²) < 4.78 is 0. The number of carbonyl (C=O) groups excluding carboxylic acids is 1. The summed E-state index contributed by atoms with van der Waals surface area (Å²) in [5.41, 5.74) is 7.79. The molecular weight excluding hydrogens is 220 g/mol. The minimum Gasteiger partial charge on any atom is -0.395 e. The van der Waals surface area contributed by atoms with Gasteiger partial charge in [-0.25, -0.2) is 0 Å². The van der Waals surface area contributed by atoms with Gasteiger partial charge in [-0.3, -0.25) is 15.0 Å². The summed E-state index contributed by atoms with van der Waals surface area (Å²) in [7, 11) is 0. The van der Waals surface area contributed by atoms with Crippen LogP contribution in [0.15, 0.2) is 12.4 Å². The summed E-state index contributed by atoms with van der Waals surface area (Å²) in [6.07, 6.45) is 3.08. The number of rotatable bonds is 3. The Bertz CT molecular complexity index is 513. The van der Waals surface area contributed by atoms with Gasteiger partial charge in [0, 0.05) is 6.20 Å². The first kappa shape index (κ1) is 11.2. The van der Waals surface area contributed by atoms with E-state index in [2.05, 4.69) is 25.7 Å². The molecule has 0 aliphatic rings. The fraction of sp³-hybridized carbons (Fsp3) is 0.300. The van der Waals surface area contributed by atoms with E-state index in [1.807, 2.05) is 13.8 Å². The van der Waals surface area contributed by atoms with Crippen molar-refractivity contribution in [1.82, 2.24) is 20.4 Å². The Kier molecular flexibility index (Phi) is 2.82. The summed E-state index contributed by atoms with van der Waals surface area (Å²) >= 11 is 0. The average molecular weight is 234 g/mol. The van der Waals surface area contributed by atoms with Crippen molar-refractivity contribution in [1.29, 1.82) is 0 Å². The van der Waals surface area contributed by atoms with Gasteiger partial charge in [0.15, 0.2) is 5.69 Å². The van der Waals surface area contributed by atoms with E-state index in [9.17, 15) is 4.79 Å². The molecule has 0 aromatic carbocycles. The molecule has 2 rings (SSSR count). The molecule has 0 unspecified atom stereocenters. The molecule has 7 nitrogen and oxygen atoms in total. The minimum atomic E-state index is -0.355. The molecule has 0 bridgehead atoms. The number of aromatic nitrogens is 4. The predicted molar refractivity (Wildman–Crippen MR) is 63.6 cm³/mol. The lowest BCUT2D eigenvalue weighted by Crippen LogP contribution is -2.14. The number of aromatic amines is 2. The monoisotopic (exact) mass is 234 g/mol. The van der Waals surface area contributed by atoms with E-state index < -0.39 is 0 Å². The van der Waals surface area contributed by atoms with Crippen molar-refractivity contribution in [3.8, 4) is 0 Å². The van der Waals surface area contributed by atoms with Crippen LogP contribution in [0.3, 0.4) is 0 Å². The number of H-pyrrole nitrogens is 2. The molecule has 0 saturated carbocycles. The quantitative estimate of drug-likeness (QED) is 0.636. The van der Waals surface area contributed by atoms with Crippen LogP contribution in [0.4, 0.5) is 11.4 Å². The Labute approximate surface area is 97.8 Å². The number of nitrogens with one attached hydrogen (secondary N) is 3. The summed E-state index contributed by atoms with van der Waals surface area (Å²) in [6.45, 7) is 3.95. The zero-order valence-corrected chi connectivity index (χ0v) is 9.61. The molecule has 5 N–H and O–H groups in total. The summed E-state index contributed by atoms with van der Waals surface area (Å²) in [6, 6.07) is 0. The summed E-state index contributed by atoms with van der Waals surface area (Å²) in [5, 5.41) is 15.7. The third kappa shape index (κ3) is 2.12. The van der Waals surface area contributed by atoms with Crippen molar-refractivity contribution in [3.05, 3.63) is 23.8 Å². The second kappa shape index (κ2) is 4.28. The van der Waals surface area contributed by atoms with Gasteiger partial charge in [-0.1, -0.05) is 13.8 Å². The number of hydrogen-bond acceptors (Lipinski definition) is 4. The van der Waals surface area contributed by atoms with E-state index in [4.69, 9.17) is 5.73 Å². The van der Waals surface area contributed by atoms with Crippen LogP contribution in [0.2, 0.25) is 0 Å². The second-order valence-electron chi connectivity index (χ2n) is 4.00. The lowest BCUT2D eigenvalue weighted by molar-refractivity contribution is 0.102. The molecule has 7 heteroatoms. The van der Waals surface area contributed by atoms with Gasteiger partial charge in [0.2, 0.25) is 0 Å². The minimum absolute atomic E-state index is 0.193. The van der Waals surface area contributed by atoms with Crippen LogP contribution >= 0.6 is 0 Å². The van der Waals surface area contributed by atoms with Crippen molar-refractivity contribution in [2.45, 2.75) is 19.8 Å². The number of anilines is 2. The van der Waals surface area contributed by atoms with Crippen molar-refractivity contribution >= 4 is 17.3 Å². The number of nitrogens with zero attached hydrogens (tertiary/aromatic N) is 2. The molecule has 17 heavy (non-hydrogen) atoms. The molecule has 0 aliphatic carbocycles. The van der Waals surface area contributed by atoms with Gasteiger partial charge < -0.3 is 11.1 Å². The first-order valence-electron chi connectivity index (χ1n) is 5.23. The smallest absolute Gasteiger partial charge is 0.278 e. The molecule has 0 radical (unpaired) electrons. The fourth-order valence-electron chi connectivity index (χ4n) is 1.49. The molecule has 90 valence electrons. The average Bonchev–Trinajstić information content (AvgIpc) is 2.86. The van der Waals surface area contributed by atoms with E-state index in [0.717, 1.165) is 5.69 Å². The standard InChI is InChI=1S/C10H14N6O/c1-5(2)8-7(11)9(16-15-8)10(17)14-6-3-12-13-4-6/h3-5H,11H2,1-2H3,(H,12,13)(H,14,17)(H,15,16). The van der Waals surface area contributed by atoms with Crippen LogP contribution in [0.5, 0.6) is 0 Å². The molecule has 0 aliphatic heterocycles. The topological polar surface area (TPSA) is 112 Å². The van der Waals surface area contributed by atoms with Gasteiger partial charge in [0.25, 0.3) is 5.91 Å². The Balaban J connectivity index is 2.20. The number of amides is 1. The largest absolute Gasteiger partial charge is 0.395 e. The SMILES string of the molecule is CC(C)c1[nH]nc(C(=O)Nc2cn[nH]c2)c1N. The molecule has 0 saturated heterocycles. The zero-order valence-electron chi connectivity index (χ0n) is 9.61. The highest BCUT2D eigenvalue weighted by Crippen LogP contribution is 2.22. The summed E-state index contributed by atoms with van der Waals surface area (Å²) in [5.74, 6) is -0.162. The molecule has 0 fully saturated rings. The highest BCUT2D eigenvalue weighted by Gasteiger charge is 2.18. The van der Waals surface area contributed by atoms with Gasteiger partial charge in [-0.05, 0) is 5.92 Å². The van der Waals surface area contributed by atoms with E-state index in [1.54, 1.807) is 6.20 Å². The molecule has 2 aromatic heterocycles. The van der Waals surface area contributed by atoms with E-state index in [0.29, 0.717) is 11.4 Å². The third-order valence-corrected chi connectivity index (χ3v) is 2.38. The van der Waals surface area contributed by atoms with Crippen LogP contribution in [0.25, 0.3) is 0 Å². The Morgan fingerprint density at radius 3 is 2.82 bits per heavy atom. The van der Waals surface area contributed by atoms with Crippen molar-refractivity contribution in [3.63, 3.8) is 0 Å². The Hall–Kier alpha value is -2.31. The van der Waals surface area contributed by atoms with Gasteiger partial charge in [0.1, 0.15) is 0 Å². The van der Waals surface area contributed by atoms with Crippen LogP contribution in [0.1, 0.15) is 35.9 Å². The highest BCUT2D eigenvalue weighted by molar-refractivity contribution is 6.06. The molecule has 0 atom stereocenters. The fourth-order valence-corrected chi connectivity index (χ4v) is 1.49. The van der Waals surface area contributed by atoms with E-state index >= 15 is 0 Å². The van der Waals surface area contributed by atoms with Gasteiger partial charge in [0.05, 0.1) is 23.3 Å². The first-order chi connectivity index (χ1) is 8.09. The summed E-state index contributed by atoms with van der Waals surface area (Å²) in [4.78, 5) is 11.9. The zero-order chi connectivity index (χ0) is 12.4.